The smallest absolute Gasteiger partial charge is 0.174 e. The van der Waals surface area contributed by atoms with Crippen molar-refractivity contribution in [3.8, 4) is 11.8 Å². The largest absolute Gasteiger partial charge is 0.378 e. The van der Waals surface area contributed by atoms with Crippen molar-refractivity contribution in [2.45, 2.75) is 70.3 Å². The molecular weight excluding hydrogens is 433 g/mol. The molecule has 2 aromatic carbocycles. The number of ether oxygens (including phenoxy) is 1. The Morgan fingerprint density at radius 1 is 0.941 bits per heavy atom. The van der Waals surface area contributed by atoms with Crippen molar-refractivity contribution in [2.24, 2.45) is 11.8 Å². The molecule has 2 aliphatic carbocycles. The maximum atomic E-state index is 14.9. The van der Waals surface area contributed by atoms with Crippen molar-refractivity contribution < 1.29 is 17.9 Å². The molecule has 2 fully saturated rings. The second-order valence-electron chi connectivity index (χ2n) is 9.64. The topological polar surface area (TPSA) is 9.23 Å². The fourth-order valence-corrected chi connectivity index (χ4v) is 5.69. The van der Waals surface area contributed by atoms with E-state index in [4.69, 9.17) is 4.74 Å². The number of aryl methyl sites for hydroxylation is 1. The van der Waals surface area contributed by atoms with Gasteiger partial charge in [0.2, 0.25) is 0 Å². The van der Waals surface area contributed by atoms with Gasteiger partial charge in [0.15, 0.2) is 11.6 Å². The average molecular weight is 467 g/mol. The van der Waals surface area contributed by atoms with Crippen LogP contribution in [-0.2, 0) is 11.2 Å². The molecule has 0 saturated heterocycles. The second-order valence-corrected chi connectivity index (χ2v) is 9.64. The number of allylic oxidation sites excluding steroid dienone is 1. The normalized spacial score (nSPS) is 24.1. The molecular formula is C30H33F3O. The van der Waals surface area contributed by atoms with Gasteiger partial charge in [0.1, 0.15) is 5.82 Å². The molecule has 0 heterocycles. The van der Waals surface area contributed by atoms with E-state index in [9.17, 15) is 13.2 Å². The zero-order valence-corrected chi connectivity index (χ0v) is 19.9. The van der Waals surface area contributed by atoms with Crippen LogP contribution < -0.4 is 0 Å². The Morgan fingerprint density at radius 3 is 2.44 bits per heavy atom. The first-order chi connectivity index (χ1) is 16.5. The van der Waals surface area contributed by atoms with Gasteiger partial charge in [0, 0.05) is 6.61 Å². The molecule has 4 heteroatoms. The lowest BCUT2D eigenvalue weighted by Crippen LogP contribution is -2.33. The summed E-state index contributed by atoms with van der Waals surface area (Å²) in [5.41, 5.74) is 1.44. The van der Waals surface area contributed by atoms with Crippen LogP contribution in [0.25, 0.3) is 0 Å². The fourth-order valence-electron chi connectivity index (χ4n) is 5.69. The summed E-state index contributed by atoms with van der Waals surface area (Å²) in [4.78, 5) is 0. The number of halogens is 3. The molecule has 0 aromatic heterocycles. The van der Waals surface area contributed by atoms with Gasteiger partial charge in [-0.25, -0.2) is 13.2 Å². The minimum absolute atomic E-state index is 0.0655. The molecule has 2 saturated carbocycles. The SMILES string of the molecule is C=CCCc1ccc(C#Cc2ccc(C3CCC4CC(OCC)CCC4C3)cc2F)c(F)c1F. The lowest BCUT2D eigenvalue weighted by Gasteiger charge is -2.42. The first-order valence-corrected chi connectivity index (χ1v) is 12.5. The summed E-state index contributed by atoms with van der Waals surface area (Å²) in [5, 5.41) is 0. The van der Waals surface area contributed by atoms with Crippen molar-refractivity contribution in [3.05, 3.63) is 82.7 Å². The number of hydrogen-bond acceptors (Lipinski definition) is 1. The molecule has 4 unspecified atom stereocenters. The minimum Gasteiger partial charge on any atom is -0.378 e. The quantitative estimate of drug-likeness (QED) is 0.313. The first-order valence-electron chi connectivity index (χ1n) is 12.5. The van der Waals surface area contributed by atoms with Crippen LogP contribution >= 0.6 is 0 Å². The summed E-state index contributed by atoms with van der Waals surface area (Å²) in [7, 11) is 0. The van der Waals surface area contributed by atoms with Gasteiger partial charge in [-0.3, -0.25) is 0 Å². The molecule has 1 nitrogen and oxygen atoms in total. The molecule has 0 amide bonds. The van der Waals surface area contributed by atoms with E-state index in [1.807, 2.05) is 6.07 Å². The van der Waals surface area contributed by atoms with Gasteiger partial charge in [0.05, 0.1) is 17.2 Å². The van der Waals surface area contributed by atoms with Gasteiger partial charge in [-0.05, 0) is 105 Å². The number of rotatable bonds is 6. The Labute approximate surface area is 201 Å². The molecule has 2 aromatic rings. The van der Waals surface area contributed by atoms with E-state index >= 15 is 0 Å². The van der Waals surface area contributed by atoms with Crippen LogP contribution in [0.5, 0.6) is 0 Å². The highest BCUT2D eigenvalue weighted by atomic mass is 19.2. The van der Waals surface area contributed by atoms with Crippen LogP contribution in [0.15, 0.2) is 43.0 Å². The van der Waals surface area contributed by atoms with E-state index in [0.29, 0.717) is 36.3 Å². The van der Waals surface area contributed by atoms with E-state index in [-0.39, 0.29) is 11.1 Å². The van der Waals surface area contributed by atoms with Gasteiger partial charge < -0.3 is 4.74 Å². The summed E-state index contributed by atoms with van der Waals surface area (Å²) < 4.78 is 49.4. The number of hydrogen-bond donors (Lipinski definition) is 0. The standard InChI is InChI=1S/C30H33F3O/c1-3-5-6-21-10-11-22(30(33)29(21)32)9-7-20-8-12-26(19-28(20)31)23-13-14-25-18-27(34-4-2)16-15-24(25)17-23/h3,8,10-12,19,23-25,27H,1,4-6,13-18H2,2H3. The number of benzene rings is 2. The third kappa shape index (κ3) is 5.58. The summed E-state index contributed by atoms with van der Waals surface area (Å²) >= 11 is 0. The Kier molecular flexibility index (Phi) is 8.16. The molecule has 0 N–H and O–H groups in total. The third-order valence-electron chi connectivity index (χ3n) is 7.54. The molecule has 4 atom stereocenters. The molecule has 0 spiro atoms. The molecule has 2 aliphatic rings. The highest BCUT2D eigenvalue weighted by Crippen LogP contribution is 2.46. The van der Waals surface area contributed by atoms with Crippen LogP contribution in [0, 0.1) is 41.1 Å². The average Bonchev–Trinajstić information content (AvgIpc) is 2.85. The highest BCUT2D eigenvalue weighted by Gasteiger charge is 2.36. The van der Waals surface area contributed by atoms with Crippen molar-refractivity contribution in [1.29, 1.82) is 0 Å². The van der Waals surface area contributed by atoms with E-state index in [1.54, 1.807) is 18.2 Å². The summed E-state index contributed by atoms with van der Waals surface area (Å²) in [6.07, 6.45) is 9.79. The number of fused-ring (bicyclic) bond motifs is 1. The van der Waals surface area contributed by atoms with E-state index < -0.39 is 17.5 Å². The van der Waals surface area contributed by atoms with Gasteiger partial charge in [-0.1, -0.05) is 30.0 Å². The Morgan fingerprint density at radius 2 is 1.68 bits per heavy atom. The van der Waals surface area contributed by atoms with Gasteiger partial charge in [0.25, 0.3) is 0 Å². The zero-order chi connectivity index (χ0) is 24.1. The molecule has 4 rings (SSSR count). The predicted molar refractivity (Wildman–Crippen MR) is 130 cm³/mol. The molecule has 180 valence electrons. The Bertz CT molecular complexity index is 1080. The molecule has 0 aliphatic heterocycles. The highest BCUT2D eigenvalue weighted by molar-refractivity contribution is 5.46. The minimum atomic E-state index is -0.984. The maximum absolute atomic E-state index is 14.9. The Hall–Kier alpha value is -2.51. The van der Waals surface area contributed by atoms with Gasteiger partial charge >= 0.3 is 0 Å². The van der Waals surface area contributed by atoms with Crippen LogP contribution in [0.1, 0.15) is 80.0 Å². The van der Waals surface area contributed by atoms with Crippen molar-refractivity contribution in [3.63, 3.8) is 0 Å². The third-order valence-corrected chi connectivity index (χ3v) is 7.54. The molecule has 34 heavy (non-hydrogen) atoms. The van der Waals surface area contributed by atoms with Crippen LogP contribution in [-0.4, -0.2) is 12.7 Å². The summed E-state index contributed by atoms with van der Waals surface area (Å²) in [6, 6.07) is 8.18. The summed E-state index contributed by atoms with van der Waals surface area (Å²) in [5.74, 6) is 4.77. The van der Waals surface area contributed by atoms with Crippen molar-refractivity contribution in [1.82, 2.24) is 0 Å². The van der Waals surface area contributed by atoms with Gasteiger partial charge in [-0.2, -0.15) is 0 Å². The van der Waals surface area contributed by atoms with E-state index in [0.717, 1.165) is 50.2 Å². The first kappa shape index (κ1) is 24.6. The van der Waals surface area contributed by atoms with Crippen LogP contribution in [0.2, 0.25) is 0 Å². The van der Waals surface area contributed by atoms with Crippen molar-refractivity contribution in [2.75, 3.05) is 6.61 Å². The summed E-state index contributed by atoms with van der Waals surface area (Å²) in [6.45, 7) is 6.44. The van der Waals surface area contributed by atoms with E-state index in [1.165, 1.54) is 18.6 Å². The second kappa shape index (κ2) is 11.3. The lowest BCUT2D eigenvalue weighted by atomic mass is 9.65. The van der Waals surface area contributed by atoms with Crippen molar-refractivity contribution >= 4 is 0 Å². The fraction of sp³-hybridized carbons (Fsp3) is 0.467. The van der Waals surface area contributed by atoms with Crippen LogP contribution in [0.3, 0.4) is 0 Å². The Balaban J connectivity index is 1.44. The van der Waals surface area contributed by atoms with Gasteiger partial charge in [-0.15, -0.1) is 6.58 Å². The van der Waals surface area contributed by atoms with Crippen LogP contribution in [0.4, 0.5) is 13.2 Å². The molecule has 0 radical (unpaired) electrons. The predicted octanol–water partition coefficient (Wildman–Crippen LogP) is 7.71. The monoisotopic (exact) mass is 466 g/mol. The van der Waals surface area contributed by atoms with E-state index in [2.05, 4.69) is 25.3 Å². The molecule has 0 bridgehead atoms. The lowest BCUT2D eigenvalue weighted by molar-refractivity contribution is -0.00956. The zero-order valence-electron chi connectivity index (χ0n) is 19.9. The maximum Gasteiger partial charge on any atom is 0.174 e.